The van der Waals surface area contributed by atoms with E-state index in [1.165, 1.54) is 0 Å². The van der Waals surface area contributed by atoms with Crippen molar-refractivity contribution in [3.8, 4) is 0 Å². The van der Waals surface area contributed by atoms with Crippen LogP contribution < -0.4 is 0 Å². The van der Waals surface area contributed by atoms with Crippen molar-refractivity contribution in [3.63, 3.8) is 0 Å². The van der Waals surface area contributed by atoms with Gasteiger partial charge in [0.1, 0.15) is 5.82 Å². The molecule has 0 bridgehead atoms. The molecule has 0 fully saturated rings. The molecule has 3 heteroatoms. The van der Waals surface area contributed by atoms with Crippen molar-refractivity contribution in [1.29, 1.82) is 0 Å². The molecule has 0 saturated carbocycles. The number of hydrogen-bond acceptors (Lipinski definition) is 2. The van der Waals surface area contributed by atoms with Gasteiger partial charge in [-0.15, -0.1) is 0 Å². The predicted octanol–water partition coefficient (Wildman–Crippen LogP) is 2.18. The van der Waals surface area contributed by atoms with E-state index in [0.29, 0.717) is 6.42 Å². The second kappa shape index (κ2) is 4.94. The quantitative estimate of drug-likeness (QED) is 0.850. The van der Waals surface area contributed by atoms with E-state index in [1.54, 1.807) is 6.20 Å². The Bertz CT molecular complexity index is 436. The summed E-state index contributed by atoms with van der Waals surface area (Å²) in [6.45, 7) is 2.96. The van der Waals surface area contributed by atoms with E-state index in [1.807, 2.05) is 41.1 Å². The van der Waals surface area contributed by atoms with Gasteiger partial charge in [0.05, 0.1) is 6.10 Å². The van der Waals surface area contributed by atoms with Gasteiger partial charge in [-0.1, -0.05) is 30.3 Å². The summed E-state index contributed by atoms with van der Waals surface area (Å²) in [7, 11) is 0. The summed E-state index contributed by atoms with van der Waals surface area (Å²) in [6.07, 6.45) is 3.79. The molecule has 1 heterocycles. The van der Waals surface area contributed by atoms with Crippen molar-refractivity contribution in [3.05, 3.63) is 54.1 Å². The Labute approximate surface area is 95.4 Å². The van der Waals surface area contributed by atoms with Crippen LogP contribution in [0.3, 0.4) is 0 Å². The molecule has 0 spiro atoms. The number of aromatic nitrogens is 2. The molecule has 1 atom stereocenters. The van der Waals surface area contributed by atoms with E-state index < -0.39 is 6.10 Å². The zero-order valence-corrected chi connectivity index (χ0v) is 9.37. The largest absolute Gasteiger partial charge is 0.388 e. The standard InChI is InChI=1S/C13H16N2O/c1-2-15-9-8-14-13(15)10-12(16)11-6-4-3-5-7-11/h3-9,12,16H,2,10H2,1H3. The minimum atomic E-state index is -0.478. The Balaban J connectivity index is 2.11. The lowest BCUT2D eigenvalue weighted by Gasteiger charge is -2.11. The zero-order chi connectivity index (χ0) is 11.4. The van der Waals surface area contributed by atoms with E-state index in [-0.39, 0.29) is 0 Å². The molecule has 0 saturated heterocycles. The Morgan fingerprint density at radius 1 is 1.31 bits per heavy atom. The van der Waals surface area contributed by atoms with Crippen molar-refractivity contribution < 1.29 is 5.11 Å². The molecular formula is C13H16N2O. The number of imidazole rings is 1. The van der Waals surface area contributed by atoms with Crippen LogP contribution in [0.25, 0.3) is 0 Å². The van der Waals surface area contributed by atoms with E-state index in [2.05, 4.69) is 11.9 Å². The summed E-state index contributed by atoms with van der Waals surface area (Å²) < 4.78 is 2.05. The minimum Gasteiger partial charge on any atom is -0.388 e. The fourth-order valence-corrected chi connectivity index (χ4v) is 1.78. The van der Waals surface area contributed by atoms with Gasteiger partial charge in [0.2, 0.25) is 0 Å². The number of aliphatic hydroxyl groups is 1. The molecular weight excluding hydrogens is 200 g/mol. The molecule has 0 radical (unpaired) electrons. The molecule has 84 valence electrons. The molecule has 0 aliphatic heterocycles. The number of hydrogen-bond donors (Lipinski definition) is 1. The summed E-state index contributed by atoms with van der Waals surface area (Å²) in [5.74, 6) is 0.929. The van der Waals surface area contributed by atoms with Crippen molar-refractivity contribution in [2.24, 2.45) is 0 Å². The lowest BCUT2D eigenvalue weighted by molar-refractivity contribution is 0.174. The summed E-state index contributed by atoms with van der Waals surface area (Å²) >= 11 is 0. The summed E-state index contributed by atoms with van der Waals surface area (Å²) in [5, 5.41) is 10.1. The van der Waals surface area contributed by atoms with Crippen LogP contribution in [0.2, 0.25) is 0 Å². The van der Waals surface area contributed by atoms with Crippen LogP contribution in [0, 0.1) is 0 Å². The van der Waals surface area contributed by atoms with Crippen LogP contribution in [-0.4, -0.2) is 14.7 Å². The van der Waals surface area contributed by atoms with Gasteiger partial charge in [0, 0.05) is 25.4 Å². The summed E-state index contributed by atoms with van der Waals surface area (Å²) in [4.78, 5) is 4.26. The maximum Gasteiger partial charge on any atom is 0.111 e. The molecule has 0 aliphatic carbocycles. The topological polar surface area (TPSA) is 38.0 Å². The summed E-state index contributed by atoms with van der Waals surface area (Å²) in [6, 6.07) is 9.69. The Kier molecular flexibility index (Phi) is 3.37. The Morgan fingerprint density at radius 3 is 2.75 bits per heavy atom. The zero-order valence-electron chi connectivity index (χ0n) is 9.37. The maximum atomic E-state index is 10.1. The Hall–Kier alpha value is -1.61. The van der Waals surface area contributed by atoms with Crippen LogP contribution in [-0.2, 0) is 13.0 Å². The highest BCUT2D eigenvalue weighted by Crippen LogP contribution is 2.16. The highest BCUT2D eigenvalue weighted by Gasteiger charge is 2.11. The average molecular weight is 216 g/mol. The fraction of sp³-hybridized carbons (Fsp3) is 0.308. The first-order valence-electron chi connectivity index (χ1n) is 5.54. The van der Waals surface area contributed by atoms with Gasteiger partial charge >= 0.3 is 0 Å². The lowest BCUT2D eigenvalue weighted by Crippen LogP contribution is -2.08. The highest BCUT2D eigenvalue weighted by atomic mass is 16.3. The molecule has 0 amide bonds. The number of aryl methyl sites for hydroxylation is 1. The first kappa shape index (κ1) is 10.9. The van der Waals surface area contributed by atoms with E-state index in [0.717, 1.165) is 17.9 Å². The molecule has 3 nitrogen and oxygen atoms in total. The fourth-order valence-electron chi connectivity index (χ4n) is 1.78. The average Bonchev–Trinajstić information content (AvgIpc) is 2.77. The van der Waals surface area contributed by atoms with Crippen LogP contribution >= 0.6 is 0 Å². The third kappa shape index (κ3) is 2.31. The smallest absolute Gasteiger partial charge is 0.111 e. The highest BCUT2D eigenvalue weighted by molar-refractivity contribution is 5.18. The van der Waals surface area contributed by atoms with Crippen molar-refractivity contribution in [2.75, 3.05) is 0 Å². The molecule has 1 aromatic heterocycles. The number of nitrogens with zero attached hydrogens (tertiary/aromatic N) is 2. The molecule has 0 aliphatic rings. The molecule has 2 rings (SSSR count). The molecule has 2 aromatic rings. The maximum absolute atomic E-state index is 10.1. The van der Waals surface area contributed by atoms with Crippen LogP contribution in [0.15, 0.2) is 42.7 Å². The molecule has 1 N–H and O–H groups in total. The molecule has 1 aromatic carbocycles. The second-order valence-corrected chi connectivity index (χ2v) is 3.76. The Morgan fingerprint density at radius 2 is 2.06 bits per heavy atom. The van der Waals surface area contributed by atoms with Gasteiger partial charge in [-0.2, -0.15) is 0 Å². The minimum absolute atomic E-state index is 0.478. The first-order valence-corrected chi connectivity index (χ1v) is 5.54. The monoisotopic (exact) mass is 216 g/mol. The van der Waals surface area contributed by atoms with Crippen LogP contribution in [0.1, 0.15) is 24.4 Å². The van der Waals surface area contributed by atoms with Crippen molar-refractivity contribution in [1.82, 2.24) is 9.55 Å². The van der Waals surface area contributed by atoms with Crippen LogP contribution in [0.4, 0.5) is 0 Å². The normalized spacial score (nSPS) is 12.6. The van der Waals surface area contributed by atoms with Crippen LogP contribution in [0.5, 0.6) is 0 Å². The second-order valence-electron chi connectivity index (χ2n) is 3.76. The van der Waals surface area contributed by atoms with Gasteiger partial charge in [0.15, 0.2) is 0 Å². The van der Waals surface area contributed by atoms with Gasteiger partial charge in [-0.05, 0) is 12.5 Å². The van der Waals surface area contributed by atoms with Crippen molar-refractivity contribution >= 4 is 0 Å². The number of benzene rings is 1. The predicted molar refractivity (Wildman–Crippen MR) is 63.0 cm³/mol. The number of rotatable bonds is 4. The van der Waals surface area contributed by atoms with Gasteiger partial charge in [-0.25, -0.2) is 4.98 Å². The summed E-state index contributed by atoms with van der Waals surface area (Å²) in [5.41, 5.74) is 0.938. The van der Waals surface area contributed by atoms with Gasteiger partial charge in [-0.3, -0.25) is 0 Å². The third-order valence-electron chi connectivity index (χ3n) is 2.70. The third-order valence-corrected chi connectivity index (χ3v) is 2.70. The van der Waals surface area contributed by atoms with E-state index >= 15 is 0 Å². The molecule has 1 unspecified atom stereocenters. The molecule has 16 heavy (non-hydrogen) atoms. The van der Waals surface area contributed by atoms with E-state index in [9.17, 15) is 5.11 Å². The SMILES string of the molecule is CCn1ccnc1CC(O)c1ccccc1. The lowest BCUT2D eigenvalue weighted by atomic mass is 10.1. The van der Waals surface area contributed by atoms with Gasteiger partial charge < -0.3 is 9.67 Å². The van der Waals surface area contributed by atoms with Gasteiger partial charge in [0.25, 0.3) is 0 Å². The first-order chi connectivity index (χ1) is 7.81. The van der Waals surface area contributed by atoms with E-state index in [4.69, 9.17) is 0 Å². The van der Waals surface area contributed by atoms with Crippen molar-refractivity contribution in [2.45, 2.75) is 26.0 Å². The number of aliphatic hydroxyl groups excluding tert-OH is 1.